The SMILES string of the molecule is C=Cc1ccc(CCN=O)cc1. The van der Waals surface area contributed by atoms with Crippen molar-refractivity contribution in [2.75, 3.05) is 6.54 Å². The van der Waals surface area contributed by atoms with Crippen molar-refractivity contribution in [2.24, 2.45) is 5.18 Å². The summed E-state index contributed by atoms with van der Waals surface area (Å²) in [6.07, 6.45) is 2.52. The van der Waals surface area contributed by atoms with Crippen molar-refractivity contribution in [1.29, 1.82) is 0 Å². The predicted molar refractivity (Wildman–Crippen MR) is 50.9 cm³/mol. The Morgan fingerprint density at radius 2 is 2.00 bits per heavy atom. The van der Waals surface area contributed by atoms with Crippen molar-refractivity contribution in [1.82, 2.24) is 0 Å². The Labute approximate surface area is 71.9 Å². The molecular weight excluding hydrogens is 150 g/mol. The van der Waals surface area contributed by atoms with Crippen molar-refractivity contribution in [2.45, 2.75) is 6.42 Å². The fraction of sp³-hybridized carbons (Fsp3) is 0.200. The average molecular weight is 161 g/mol. The van der Waals surface area contributed by atoms with Gasteiger partial charge in [-0.25, -0.2) is 0 Å². The van der Waals surface area contributed by atoms with Crippen LogP contribution in [0.15, 0.2) is 36.0 Å². The maximum Gasteiger partial charge on any atom is 0.0851 e. The Bertz CT molecular complexity index is 264. The molecule has 0 radical (unpaired) electrons. The summed E-state index contributed by atoms with van der Waals surface area (Å²) in [5.41, 5.74) is 2.23. The molecule has 0 saturated heterocycles. The van der Waals surface area contributed by atoms with Gasteiger partial charge in [-0.1, -0.05) is 42.1 Å². The molecule has 0 bridgehead atoms. The summed E-state index contributed by atoms with van der Waals surface area (Å²) in [6, 6.07) is 7.94. The van der Waals surface area contributed by atoms with E-state index in [-0.39, 0.29) is 0 Å². The second kappa shape index (κ2) is 4.44. The van der Waals surface area contributed by atoms with Crippen LogP contribution in [0, 0.1) is 4.91 Å². The molecule has 2 heteroatoms. The van der Waals surface area contributed by atoms with Crippen molar-refractivity contribution >= 4 is 6.08 Å². The van der Waals surface area contributed by atoms with Crippen molar-refractivity contribution in [3.63, 3.8) is 0 Å². The minimum absolute atomic E-state index is 0.355. The predicted octanol–water partition coefficient (Wildman–Crippen LogP) is 2.64. The molecule has 1 aromatic rings. The van der Waals surface area contributed by atoms with Gasteiger partial charge in [-0.2, -0.15) is 4.91 Å². The van der Waals surface area contributed by atoms with Gasteiger partial charge in [0.25, 0.3) is 0 Å². The molecule has 0 saturated carbocycles. The van der Waals surface area contributed by atoms with Crippen LogP contribution in [0.5, 0.6) is 0 Å². The van der Waals surface area contributed by atoms with Gasteiger partial charge < -0.3 is 0 Å². The Kier molecular flexibility index (Phi) is 3.20. The van der Waals surface area contributed by atoms with Gasteiger partial charge >= 0.3 is 0 Å². The highest BCUT2D eigenvalue weighted by atomic mass is 16.3. The molecule has 0 aliphatic rings. The van der Waals surface area contributed by atoms with E-state index in [0.717, 1.165) is 17.5 Å². The second-order valence-corrected chi connectivity index (χ2v) is 2.55. The first-order chi connectivity index (χ1) is 5.86. The molecule has 1 rings (SSSR count). The van der Waals surface area contributed by atoms with Gasteiger partial charge in [0.15, 0.2) is 0 Å². The highest BCUT2D eigenvalue weighted by Gasteiger charge is 1.91. The molecule has 0 aromatic heterocycles. The van der Waals surface area contributed by atoms with Crippen LogP contribution >= 0.6 is 0 Å². The first kappa shape index (κ1) is 8.65. The van der Waals surface area contributed by atoms with Gasteiger partial charge in [0.05, 0.1) is 6.54 Å². The molecule has 0 aliphatic heterocycles. The van der Waals surface area contributed by atoms with Gasteiger partial charge in [-0.3, -0.25) is 0 Å². The van der Waals surface area contributed by atoms with E-state index >= 15 is 0 Å². The van der Waals surface area contributed by atoms with Crippen LogP contribution in [0.2, 0.25) is 0 Å². The van der Waals surface area contributed by atoms with Gasteiger partial charge in [0.2, 0.25) is 0 Å². The van der Waals surface area contributed by atoms with Gasteiger partial charge in [-0.15, -0.1) is 0 Å². The number of hydrogen-bond donors (Lipinski definition) is 0. The molecule has 12 heavy (non-hydrogen) atoms. The molecule has 0 aliphatic carbocycles. The first-order valence-electron chi connectivity index (χ1n) is 3.87. The average Bonchev–Trinajstić information content (AvgIpc) is 2.15. The van der Waals surface area contributed by atoms with E-state index in [4.69, 9.17) is 0 Å². The topological polar surface area (TPSA) is 29.4 Å². The molecule has 0 heterocycles. The van der Waals surface area contributed by atoms with Crippen LogP contribution in [0.4, 0.5) is 0 Å². The number of nitroso groups, excluding NO2 is 1. The molecule has 0 spiro atoms. The van der Waals surface area contributed by atoms with Crippen LogP contribution in [0.3, 0.4) is 0 Å². The highest BCUT2D eigenvalue weighted by molar-refractivity contribution is 5.47. The molecule has 0 unspecified atom stereocenters. The van der Waals surface area contributed by atoms with E-state index in [9.17, 15) is 4.91 Å². The standard InChI is InChI=1S/C10H11NO/c1-2-9-3-5-10(6-4-9)7-8-11-12/h2-6H,1,7-8H2. The van der Waals surface area contributed by atoms with E-state index in [1.165, 1.54) is 0 Å². The van der Waals surface area contributed by atoms with E-state index < -0.39 is 0 Å². The third-order valence-electron chi connectivity index (χ3n) is 1.71. The molecule has 1 aromatic carbocycles. The van der Waals surface area contributed by atoms with E-state index in [1.54, 1.807) is 6.08 Å². The molecule has 0 N–H and O–H groups in total. The maximum absolute atomic E-state index is 9.84. The zero-order chi connectivity index (χ0) is 8.81. The fourth-order valence-corrected chi connectivity index (χ4v) is 0.995. The minimum Gasteiger partial charge on any atom is -0.151 e. The molecule has 0 fully saturated rings. The van der Waals surface area contributed by atoms with E-state index in [0.29, 0.717) is 6.54 Å². The molecule has 62 valence electrons. The van der Waals surface area contributed by atoms with E-state index in [1.807, 2.05) is 24.3 Å². The number of benzene rings is 1. The summed E-state index contributed by atoms with van der Waals surface area (Å²) < 4.78 is 0. The van der Waals surface area contributed by atoms with Crippen LogP contribution in [0.25, 0.3) is 6.08 Å². The van der Waals surface area contributed by atoms with Crippen LogP contribution < -0.4 is 0 Å². The van der Waals surface area contributed by atoms with Crippen molar-refractivity contribution in [3.8, 4) is 0 Å². The Morgan fingerprint density at radius 1 is 1.33 bits per heavy atom. The lowest BCUT2D eigenvalue weighted by Crippen LogP contribution is -1.87. The summed E-state index contributed by atoms with van der Waals surface area (Å²) in [5.74, 6) is 0. The number of hydrogen-bond acceptors (Lipinski definition) is 2. The lowest BCUT2D eigenvalue weighted by molar-refractivity contribution is 0.960. The first-order valence-corrected chi connectivity index (χ1v) is 3.87. The van der Waals surface area contributed by atoms with Crippen LogP contribution in [0.1, 0.15) is 11.1 Å². The molecule has 2 nitrogen and oxygen atoms in total. The zero-order valence-corrected chi connectivity index (χ0v) is 6.86. The van der Waals surface area contributed by atoms with Crippen molar-refractivity contribution in [3.05, 3.63) is 46.9 Å². The Balaban J connectivity index is 2.64. The van der Waals surface area contributed by atoms with Crippen molar-refractivity contribution < 1.29 is 0 Å². The third kappa shape index (κ3) is 2.31. The molecule has 0 amide bonds. The largest absolute Gasteiger partial charge is 0.151 e. The smallest absolute Gasteiger partial charge is 0.0851 e. The molecular formula is C10H11NO. The monoisotopic (exact) mass is 161 g/mol. The summed E-state index contributed by atoms with van der Waals surface area (Å²) in [4.78, 5) is 9.84. The Morgan fingerprint density at radius 3 is 2.50 bits per heavy atom. The highest BCUT2D eigenvalue weighted by Crippen LogP contribution is 2.05. The Hall–Kier alpha value is -1.44. The zero-order valence-electron chi connectivity index (χ0n) is 6.86. The van der Waals surface area contributed by atoms with Crippen LogP contribution in [-0.2, 0) is 6.42 Å². The molecule has 0 atom stereocenters. The quantitative estimate of drug-likeness (QED) is 0.624. The van der Waals surface area contributed by atoms with E-state index in [2.05, 4.69) is 11.8 Å². The summed E-state index contributed by atoms with van der Waals surface area (Å²) in [5, 5.41) is 2.80. The fourth-order valence-electron chi connectivity index (χ4n) is 0.995. The second-order valence-electron chi connectivity index (χ2n) is 2.55. The maximum atomic E-state index is 9.84. The third-order valence-corrected chi connectivity index (χ3v) is 1.71. The minimum atomic E-state index is 0.355. The lowest BCUT2D eigenvalue weighted by atomic mass is 10.1. The van der Waals surface area contributed by atoms with Gasteiger partial charge in [0, 0.05) is 0 Å². The van der Waals surface area contributed by atoms with Crippen LogP contribution in [-0.4, -0.2) is 6.54 Å². The van der Waals surface area contributed by atoms with Gasteiger partial charge in [0.1, 0.15) is 0 Å². The van der Waals surface area contributed by atoms with Gasteiger partial charge in [-0.05, 0) is 17.5 Å². The normalized spacial score (nSPS) is 9.33. The summed E-state index contributed by atoms with van der Waals surface area (Å²) in [7, 11) is 0. The number of rotatable bonds is 4. The summed E-state index contributed by atoms with van der Waals surface area (Å²) >= 11 is 0. The lowest BCUT2D eigenvalue weighted by Gasteiger charge is -1.97. The summed E-state index contributed by atoms with van der Waals surface area (Å²) in [6.45, 7) is 4.01. The number of nitrogens with zero attached hydrogens (tertiary/aromatic N) is 1.